The smallest absolute Gasteiger partial charge is 0.330 e. The predicted molar refractivity (Wildman–Crippen MR) is 45.8 cm³/mol. The maximum Gasteiger partial charge on any atom is 0.435 e. The summed E-state index contributed by atoms with van der Waals surface area (Å²) in [7, 11) is 0. The van der Waals surface area contributed by atoms with Crippen LogP contribution in [0.2, 0.25) is 0 Å². The third-order valence-corrected chi connectivity index (χ3v) is 2.09. The molecule has 0 aliphatic heterocycles. The second kappa shape index (κ2) is 4.55. The lowest BCUT2D eigenvalue weighted by Crippen LogP contribution is -2.34. The number of rotatable bonds is 3. The predicted octanol–water partition coefficient (Wildman–Crippen LogP) is 2.04. The van der Waals surface area contributed by atoms with Gasteiger partial charge in [-0.2, -0.15) is 31.4 Å². The average Bonchev–Trinajstić information content (AvgIpc) is 2.59. The molecule has 17 heavy (non-hydrogen) atoms. The van der Waals surface area contributed by atoms with Gasteiger partial charge < -0.3 is 5.73 Å². The summed E-state index contributed by atoms with van der Waals surface area (Å²) in [6.07, 6.45) is -8.38. The molecule has 0 spiro atoms. The summed E-state index contributed by atoms with van der Waals surface area (Å²) < 4.78 is 73.9. The first-order valence-corrected chi connectivity index (χ1v) is 4.52. The van der Waals surface area contributed by atoms with Crippen LogP contribution in [0.1, 0.15) is 5.69 Å². The van der Waals surface area contributed by atoms with Crippen LogP contribution < -0.4 is 5.73 Å². The van der Waals surface area contributed by atoms with Gasteiger partial charge in [0.1, 0.15) is 0 Å². The molecule has 0 saturated carbocycles. The van der Waals surface area contributed by atoms with E-state index in [1.165, 1.54) is 0 Å². The molecule has 0 aromatic carbocycles. The summed E-state index contributed by atoms with van der Waals surface area (Å²) >= 11 is 0. The lowest BCUT2D eigenvalue weighted by molar-refractivity contribution is -0.175. The molecule has 0 aliphatic rings. The molecule has 0 amide bonds. The van der Waals surface area contributed by atoms with Crippen molar-refractivity contribution in [3.63, 3.8) is 0 Å². The first-order chi connectivity index (χ1) is 7.64. The van der Waals surface area contributed by atoms with E-state index in [0.29, 0.717) is 10.7 Å². The van der Waals surface area contributed by atoms with Gasteiger partial charge >= 0.3 is 12.4 Å². The zero-order valence-corrected chi connectivity index (χ0v) is 8.39. The highest BCUT2D eigenvalue weighted by Crippen LogP contribution is 2.29. The fraction of sp³-hybridized carbons (Fsp3) is 0.625. The third-order valence-electron chi connectivity index (χ3n) is 2.09. The summed E-state index contributed by atoms with van der Waals surface area (Å²) in [5.41, 5.74) is 3.69. The molecule has 1 aromatic heterocycles. The van der Waals surface area contributed by atoms with Gasteiger partial charge in [0.05, 0.1) is 12.5 Å². The van der Waals surface area contributed by atoms with Gasteiger partial charge in [-0.25, -0.2) is 0 Å². The maximum atomic E-state index is 12.3. The summed E-state index contributed by atoms with van der Waals surface area (Å²) in [4.78, 5) is 0. The van der Waals surface area contributed by atoms with E-state index in [2.05, 4.69) is 5.10 Å². The number of halogens is 6. The summed E-state index contributed by atoms with van der Waals surface area (Å²) in [6, 6.07) is 0.615. The minimum Gasteiger partial charge on any atom is -0.330 e. The molecule has 1 heterocycles. The lowest BCUT2D eigenvalue weighted by Gasteiger charge is -2.18. The fourth-order valence-electron chi connectivity index (χ4n) is 1.15. The number of nitrogens with zero attached hydrogens (tertiary/aromatic N) is 2. The zero-order valence-electron chi connectivity index (χ0n) is 8.39. The molecule has 0 radical (unpaired) electrons. The van der Waals surface area contributed by atoms with Crippen LogP contribution in [0.25, 0.3) is 0 Å². The SMILES string of the molecule is NCC(Cn1ccc(C(F)(F)F)n1)C(F)(F)F. The Labute approximate surface area is 92.2 Å². The van der Waals surface area contributed by atoms with Gasteiger partial charge in [0.25, 0.3) is 0 Å². The summed E-state index contributed by atoms with van der Waals surface area (Å²) in [5.74, 6) is -1.91. The van der Waals surface area contributed by atoms with Gasteiger partial charge in [-0.15, -0.1) is 0 Å². The number of hydrogen-bond acceptors (Lipinski definition) is 2. The zero-order chi connectivity index (χ0) is 13.3. The van der Waals surface area contributed by atoms with Crippen molar-refractivity contribution in [3.05, 3.63) is 18.0 Å². The fourth-order valence-corrected chi connectivity index (χ4v) is 1.15. The Bertz CT molecular complexity index is 366. The van der Waals surface area contributed by atoms with Gasteiger partial charge in [-0.05, 0) is 6.07 Å². The molecular formula is C8H9F6N3. The topological polar surface area (TPSA) is 43.8 Å². The van der Waals surface area contributed by atoms with Gasteiger partial charge in [-0.3, -0.25) is 4.68 Å². The molecule has 9 heteroatoms. The Balaban J connectivity index is 2.79. The van der Waals surface area contributed by atoms with E-state index in [9.17, 15) is 26.3 Å². The minimum atomic E-state index is -4.66. The molecule has 1 atom stereocenters. The third kappa shape index (κ3) is 3.62. The van der Waals surface area contributed by atoms with Gasteiger partial charge in [-0.1, -0.05) is 0 Å². The first-order valence-electron chi connectivity index (χ1n) is 4.52. The Morgan fingerprint density at radius 1 is 1.24 bits per heavy atom. The molecule has 1 unspecified atom stereocenters. The Morgan fingerprint density at radius 2 is 1.82 bits per heavy atom. The van der Waals surface area contributed by atoms with E-state index < -0.39 is 37.1 Å². The quantitative estimate of drug-likeness (QED) is 0.846. The molecule has 0 aliphatic carbocycles. The Kier molecular flexibility index (Phi) is 3.70. The van der Waals surface area contributed by atoms with Gasteiger partial charge in [0.2, 0.25) is 0 Å². The van der Waals surface area contributed by atoms with Crippen molar-refractivity contribution in [2.75, 3.05) is 6.54 Å². The average molecular weight is 261 g/mol. The van der Waals surface area contributed by atoms with Gasteiger partial charge in [0.15, 0.2) is 5.69 Å². The second-order valence-corrected chi connectivity index (χ2v) is 3.40. The summed E-state index contributed by atoms with van der Waals surface area (Å²) in [6.45, 7) is -1.43. The molecule has 0 saturated heterocycles. The molecule has 3 nitrogen and oxygen atoms in total. The van der Waals surface area contributed by atoms with Crippen LogP contribution in [0.4, 0.5) is 26.3 Å². The van der Waals surface area contributed by atoms with Crippen molar-refractivity contribution in [2.24, 2.45) is 11.7 Å². The lowest BCUT2D eigenvalue weighted by atomic mass is 10.1. The monoisotopic (exact) mass is 261 g/mol. The van der Waals surface area contributed by atoms with Crippen LogP contribution >= 0.6 is 0 Å². The molecule has 98 valence electrons. The van der Waals surface area contributed by atoms with Crippen LogP contribution in [0.5, 0.6) is 0 Å². The minimum absolute atomic E-state index is 0.591. The van der Waals surface area contributed by atoms with E-state index in [1.807, 2.05) is 0 Å². The second-order valence-electron chi connectivity index (χ2n) is 3.40. The van der Waals surface area contributed by atoms with Crippen molar-refractivity contribution in [1.82, 2.24) is 9.78 Å². The molecular weight excluding hydrogens is 252 g/mol. The number of hydrogen-bond donors (Lipinski definition) is 1. The Hall–Kier alpha value is -1.25. The Morgan fingerprint density at radius 3 is 2.18 bits per heavy atom. The van der Waals surface area contributed by atoms with Crippen LogP contribution in [0.3, 0.4) is 0 Å². The number of aromatic nitrogens is 2. The number of nitrogens with two attached hydrogens (primary N) is 1. The van der Waals surface area contributed by atoms with E-state index in [1.54, 1.807) is 0 Å². The number of alkyl halides is 6. The molecule has 0 fully saturated rings. The normalized spacial score (nSPS) is 15.0. The molecule has 1 aromatic rings. The maximum absolute atomic E-state index is 12.3. The van der Waals surface area contributed by atoms with Crippen molar-refractivity contribution >= 4 is 0 Å². The highest BCUT2D eigenvalue weighted by molar-refractivity contribution is 5.03. The van der Waals surface area contributed by atoms with Gasteiger partial charge in [0, 0.05) is 12.7 Å². The standard InChI is InChI=1S/C8H9F6N3/c9-7(10,11)5(3-15)4-17-2-1-6(16-17)8(12,13)14/h1-2,5H,3-4,15H2. The molecule has 1 rings (SSSR count). The van der Waals surface area contributed by atoms with E-state index in [-0.39, 0.29) is 0 Å². The van der Waals surface area contributed by atoms with E-state index in [4.69, 9.17) is 5.73 Å². The van der Waals surface area contributed by atoms with Crippen LogP contribution in [0.15, 0.2) is 12.3 Å². The van der Waals surface area contributed by atoms with Crippen molar-refractivity contribution in [1.29, 1.82) is 0 Å². The molecule has 0 bridgehead atoms. The van der Waals surface area contributed by atoms with Crippen molar-refractivity contribution in [2.45, 2.75) is 18.9 Å². The summed E-state index contributed by atoms with van der Waals surface area (Å²) in [5, 5.41) is 3.02. The van der Waals surface area contributed by atoms with E-state index in [0.717, 1.165) is 6.20 Å². The highest BCUT2D eigenvalue weighted by atomic mass is 19.4. The largest absolute Gasteiger partial charge is 0.435 e. The van der Waals surface area contributed by atoms with E-state index >= 15 is 0 Å². The highest BCUT2D eigenvalue weighted by Gasteiger charge is 2.39. The van der Waals surface area contributed by atoms with Crippen molar-refractivity contribution in [3.8, 4) is 0 Å². The first kappa shape index (κ1) is 13.8. The van der Waals surface area contributed by atoms with Crippen LogP contribution in [-0.4, -0.2) is 22.5 Å². The molecule has 2 N–H and O–H groups in total. The van der Waals surface area contributed by atoms with Crippen LogP contribution in [0, 0.1) is 5.92 Å². The van der Waals surface area contributed by atoms with Crippen molar-refractivity contribution < 1.29 is 26.3 Å². The van der Waals surface area contributed by atoms with Crippen LogP contribution in [-0.2, 0) is 12.7 Å².